The molecule has 0 spiro atoms. The molecule has 0 radical (unpaired) electrons. The van der Waals surface area contributed by atoms with Crippen LogP contribution in [0.3, 0.4) is 0 Å². The van der Waals surface area contributed by atoms with Gasteiger partial charge in [-0.25, -0.2) is 0 Å². The highest BCUT2D eigenvalue weighted by Crippen LogP contribution is 2.20. The maximum Gasteiger partial charge on any atom is 0.0240 e. The van der Waals surface area contributed by atoms with Gasteiger partial charge in [0.2, 0.25) is 0 Å². The maximum atomic E-state index is 4.10. The van der Waals surface area contributed by atoms with Crippen LogP contribution >= 0.6 is 0 Å². The van der Waals surface area contributed by atoms with E-state index in [1.807, 2.05) is 0 Å². The molecule has 44 heavy (non-hydrogen) atoms. The van der Waals surface area contributed by atoms with Crippen molar-refractivity contribution in [3.05, 3.63) is 153 Å². The normalized spacial score (nSPS) is 10.5. The fourth-order valence-corrected chi connectivity index (χ4v) is 5.36. The lowest BCUT2D eigenvalue weighted by atomic mass is 9.98. The van der Waals surface area contributed by atoms with Crippen LogP contribution in [0.25, 0.3) is 0 Å². The third-order valence-electron chi connectivity index (χ3n) is 7.74. The lowest BCUT2D eigenvalue weighted by molar-refractivity contribution is 0.252. The van der Waals surface area contributed by atoms with Gasteiger partial charge in [0.05, 0.1) is 0 Å². The van der Waals surface area contributed by atoms with Gasteiger partial charge >= 0.3 is 0 Å². The first-order chi connectivity index (χ1) is 21.1. The first-order valence-electron chi connectivity index (χ1n) is 16.8. The van der Waals surface area contributed by atoms with Gasteiger partial charge in [0.15, 0.2) is 0 Å². The summed E-state index contributed by atoms with van der Waals surface area (Å²) in [5.74, 6) is 0. The molecule has 236 valence electrons. The molecule has 1 heteroatoms. The Hall–Kier alpha value is -3.42. The van der Waals surface area contributed by atoms with E-state index in [1.54, 1.807) is 0 Å². The molecule has 0 N–H and O–H groups in total. The Morgan fingerprint density at radius 2 is 1.18 bits per heavy atom. The van der Waals surface area contributed by atoms with Crippen molar-refractivity contribution in [2.45, 2.75) is 107 Å². The predicted octanol–water partition coefficient (Wildman–Crippen LogP) is 11.7. The highest BCUT2D eigenvalue weighted by Gasteiger charge is 2.12. The van der Waals surface area contributed by atoms with Crippen molar-refractivity contribution in [2.75, 3.05) is 6.54 Å². The molecule has 0 saturated carbocycles. The third kappa shape index (κ3) is 14.4. The minimum absolute atomic E-state index is 0.994. The number of benzene rings is 4. The van der Waals surface area contributed by atoms with E-state index >= 15 is 0 Å². The second-order valence-corrected chi connectivity index (χ2v) is 12.5. The molecule has 0 aliphatic carbocycles. The molecule has 0 aliphatic rings. The van der Waals surface area contributed by atoms with Gasteiger partial charge in [-0.15, -0.1) is 6.58 Å². The fourth-order valence-electron chi connectivity index (χ4n) is 5.36. The van der Waals surface area contributed by atoms with Crippen molar-refractivity contribution < 1.29 is 0 Å². The summed E-state index contributed by atoms with van der Waals surface area (Å²) in [6, 6.07) is 33.4. The molecule has 0 atom stereocenters. The molecule has 4 aromatic rings. The summed E-state index contributed by atoms with van der Waals surface area (Å²) in [5.41, 5.74) is 13.9. The van der Waals surface area contributed by atoms with Gasteiger partial charge in [0.25, 0.3) is 0 Å². The van der Waals surface area contributed by atoms with Crippen molar-refractivity contribution in [3.63, 3.8) is 0 Å². The topological polar surface area (TPSA) is 3.24 Å². The molecule has 0 fully saturated rings. The van der Waals surface area contributed by atoms with Crippen LogP contribution in [0.15, 0.2) is 103 Å². The van der Waals surface area contributed by atoms with Gasteiger partial charge in [-0.05, 0) is 107 Å². The van der Waals surface area contributed by atoms with E-state index in [4.69, 9.17) is 0 Å². The van der Waals surface area contributed by atoms with Crippen molar-refractivity contribution in [1.29, 1.82) is 0 Å². The van der Waals surface area contributed by atoms with Crippen LogP contribution in [0, 0.1) is 27.7 Å². The molecule has 4 aromatic carbocycles. The van der Waals surface area contributed by atoms with Crippen LogP contribution in [0.1, 0.15) is 97.0 Å². The van der Waals surface area contributed by atoms with E-state index in [0.717, 1.165) is 51.7 Å². The van der Waals surface area contributed by atoms with Gasteiger partial charge in [0.1, 0.15) is 0 Å². The summed E-state index contributed by atoms with van der Waals surface area (Å²) < 4.78 is 0. The smallest absolute Gasteiger partial charge is 0.0240 e. The predicted molar refractivity (Wildman–Crippen MR) is 196 cm³/mol. The van der Waals surface area contributed by atoms with Gasteiger partial charge < -0.3 is 0 Å². The van der Waals surface area contributed by atoms with Crippen molar-refractivity contribution in [2.24, 2.45) is 0 Å². The van der Waals surface area contributed by atoms with Crippen LogP contribution in [0.4, 0.5) is 0 Å². The summed E-state index contributed by atoms with van der Waals surface area (Å²) in [6.07, 6.45) is 6.82. The summed E-state index contributed by atoms with van der Waals surface area (Å²) >= 11 is 0. The molecule has 0 unspecified atom stereocenters. The molecule has 0 saturated heterocycles. The second kappa shape index (κ2) is 20.5. The fraction of sp³-hybridized carbons (Fsp3) is 0.395. The second-order valence-electron chi connectivity index (χ2n) is 12.5. The monoisotopic (exact) mass is 589 g/mol. The van der Waals surface area contributed by atoms with Crippen LogP contribution in [0.5, 0.6) is 0 Å². The first kappa shape index (κ1) is 36.8. The van der Waals surface area contributed by atoms with Gasteiger partial charge in [-0.3, -0.25) is 4.90 Å². The standard InChI is InChI=1S/C31H39N.C9H12.C3H8/c1-24(2)10-9-19-32(22-30-17-15-26(4)20-27(30)5)23-31-14-7-6-13-29(31)18-16-28-12-8-11-25(3)21-28;1-3-9-6-4-5-8(2)7-9;1-3-2/h6-8,11-15,17,20-21H,1,9-10,16,18-19,22-23H2,2-5H3;4-7H,3H2,1-2H3;3H2,1-2H3. The Balaban J connectivity index is 0.000000471. The average molecular weight is 590 g/mol. The van der Waals surface area contributed by atoms with E-state index in [-0.39, 0.29) is 0 Å². The zero-order valence-corrected chi connectivity index (χ0v) is 29.2. The molecular weight excluding hydrogens is 530 g/mol. The van der Waals surface area contributed by atoms with Crippen molar-refractivity contribution in [1.82, 2.24) is 4.90 Å². The number of nitrogens with zero attached hydrogens (tertiary/aromatic N) is 1. The Morgan fingerprint density at radius 1 is 0.614 bits per heavy atom. The SMILES string of the molecule is C=C(C)CCCN(Cc1ccc(C)cc1C)Cc1ccccc1CCc1cccc(C)c1.CCC.CCc1cccc(C)c1. The van der Waals surface area contributed by atoms with Crippen molar-refractivity contribution >= 4 is 0 Å². The number of hydrogen-bond acceptors (Lipinski definition) is 1. The molecule has 4 rings (SSSR count). The first-order valence-corrected chi connectivity index (χ1v) is 16.8. The molecule has 0 amide bonds. The third-order valence-corrected chi connectivity index (χ3v) is 7.74. The van der Waals surface area contributed by atoms with E-state index in [2.05, 4.69) is 158 Å². The van der Waals surface area contributed by atoms with E-state index in [0.29, 0.717) is 0 Å². The summed E-state index contributed by atoms with van der Waals surface area (Å²) in [4.78, 5) is 2.62. The lowest BCUT2D eigenvalue weighted by Gasteiger charge is -2.25. The zero-order chi connectivity index (χ0) is 32.3. The Kier molecular flexibility index (Phi) is 17.1. The molecule has 0 aliphatic heterocycles. The van der Waals surface area contributed by atoms with Crippen LogP contribution < -0.4 is 0 Å². The molecule has 0 aromatic heterocycles. The minimum atomic E-state index is 0.994. The van der Waals surface area contributed by atoms with E-state index in [1.165, 1.54) is 62.1 Å². The number of rotatable bonds is 12. The van der Waals surface area contributed by atoms with Crippen LogP contribution in [0.2, 0.25) is 0 Å². The summed E-state index contributed by atoms with van der Waals surface area (Å²) in [5, 5.41) is 0. The quantitative estimate of drug-likeness (QED) is 0.149. The Bertz CT molecular complexity index is 1400. The average Bonchev–Trinajstić information content (AvgIpc) is 2.98. The van der Waals surface area contributed by atoms with Crippen LogP contribution in [-0.2, 0) is 32.4 Å². The number of aryl methyl sites for hydroxylation is 7. The largest absolute Gasteiger partial charge is 0.295 e. The lowest BCUT2D eigenvalue weighted by Crippen LogP contribution is -2.25. The van der Waals surface area contributed by atoms with E-state index in [9.17, 15) is 0 Å². The molecular formula is C43H59N. The Labute approximate surface area is 271 Å². The maximum absolute atomic E-state index is 4.10. The highest BCUT2D eigenvalue weighted by molar-refractivity contribution is 5.32. The Morgan fingerprint density at radius 3 is 1.75 bits per heavy atom. The molecule has 1 nitrogen and oxygen atoms in total. The summed E-state index contributed by atoms with van der Waals surface area (Å²) in [6.45, 7) is 24.4. The van der Waals surface area contributed by atoms with Gasteiger partial charge in [-0.2, -0.15) is 0 Å². The highest BCUT2D eigenvalue weighted by atomic mass is 15.1. The summed E-state index contributed by atoms with van der Waals surface area (Å²) in [7, 11) is 0. The van der Waals surface area contributed by atoms with Crippen molar-refractivity contribution in [3.8, 4) is 0 Å². The molecule has 0 bridgehead atoms. The van der Waals surface area contributed by atoms with E-state index < -0.39 is 0 Å². The number of hydrogen-bond donors (Lipinski definition) is 0. The zero-order valence-electron chi connectivity index (χ0n) is 29.2. The molecule has 0 heterocycles. The number of allylic oxidation sites excluding steroid dienone is 1. The minimum Gasteiger partial charge on any atom is -0.295 e. The van der Waals surface area contributed by atoms with Gasteiger partial charge in [0, 0.05) is 13.1 Å². The van der Waals surface area contributed by atoms with Gasteiger partial charge in [-0.1, -0.05) is 140 Å². The van der Waals surface area contributed by atoms with Crippen LogP contribution in [-0.4, -0.2) is 11.4 Å².